The molecule has 0 aromatic carbocycles. The van der Waals surface area contributed by atoms with Gasteiger partial charge in [-0.15, -0.1) is 0 Å². The van der Waals surface area contributed by atoms with Gasteiger partial charge < -0.3 is 10.5 Å². The molecule has 1 atom stereocenters. The standard InChI is InChI=1S/C7H14N2O4.C4H4S/c1-7(2,3)13-6(11)4(8)5(10)9-12;1-2-4-5-3-1/h4,12H,8H2,1-3H3,(H,9,10);1-4H. The van der Waals surface area contributed by atoms with E-state index in [9.17, 15) is 9.59 Å². The first kappa shape index (κ1) is 16.6. The highest BCUT2D eigenvalue weighted by atomic mass is 32.1. The highest BCUT2D eigenvalue weighted by molar-refractivity contribution is 7.07. The highest BCUT2D eigenvalue weighted by Gasteiger charge is 2.27. The van der Waals surface area contributed by atoms with Gasteiger partial charge in [-0.05, 0) is 31.5 Å². The summed E-state index contributed by atoms with van der Waals surface area (Å²) < 4.78 is 4.79. The number of esters is 1. The summed E-state index contributed by atoms with van der Waals surface area (Å²) in [6.07, 6.45) is 0. The monoisotopic (exact) mass is 274 g/mol. The third kappa shape index (κ3) is 7.77. The number of nitrogens with two attached hydrogens (primary N) is 1. The Morgan fingerprint density at radius 2 is 1.83 bits per heavy atom. The van der Waals surface area contributed by atoms with Gasteiger partial charge in [0.05, 0.1) is 0 Å². The summed E-state index contributed by atoms with van der Waals surface area (Å²) in [6, 6.07) is 2.54. The lowest BCUT2D eigenvalue weighted by Crippen LogP contribution is -2.47. The zero-order valence-electron chi connectivity index (χ0n) is 10.5. The van der Waals surface area contributed by atoms with E-state index >= 15 is 0 Å². The Hall–Kier alpha value is -1.44. The lowest BCUT2D eigenvalue weighted by Gasteiger charge is -2.21. The van der Waals surface area contributed by atoms with E-state index in [1.165, 1.54) is 5.48 Å². The first-order valence-corrected chi connectivity index (χ1v) is 6.12. The maximum absolute atomic E-state index is 11.0. The topological polar surface area (TPSA) is 102 Å². The summed E-state index contributed by atoms with van der Waals surface area (Å²) in [6.45, 7) is 4.94. The van der Waals surface area contributed by atoms with Gasteiger partial charge in [0, 0.05) is 0 Å². The predicted octanol–water partition coefficient (Wildman–Crippen LogP) is 0.909. The zero-order valence-corrected chi connectivity index (χ0v) is 11.4. The molecule has 6 nitrogen and oxygen atoms in total. The van der Waals surface area contributed by atoms with Crippen molar-refractivity contribution in [2.75, 3.05) is 0 Å². The second-order valence-corrected chi connectivity index (χ2v) is 5.10. The number of thiophene rings is 1. The van der Waals surface area contributed by atoms with Crippen molar-refractivity contribution in [2.45, 2.75) is 32.4 Å². The van der Waals surface area contributed by atoms with Crippen molar-refractivity contribution in [1.29, 1.82) is 0 Å². The van der Waals surface area contributed by atoms with Gasteiger partial charge in [-0.1, -0.05) is 12.1 Å². The van der Waals surface area contributed by atoms with E-state index in [-0.39, 0.29) is 0 Å². The Bertz CT molecular complexity index is 342. The minimum absolute atomic E-state index is 0.704. The van der Waals surface area contributed by atoms with Gasteiger partial charge >= 0.3 is 5.97 Å². The maximum atomic E-state index is 11.0. The molecule has 0 radical (unpaired) electrons. The van der Waals surface area contributed by atoms with Crippen molar-refractivity contribution < 1.29 is 19.5 Å². The summed E-state index contributed by atoms with van der Waals surface area (Å²) >= 11 is 1.71. The van der Waals surface area contributed by atoms with Crippen LogP contribution < -0.4 is 11.2 Å². The molecule has 1 rings (SSSR count). The van der Waals surface area contributed by atoms with Gasteiger partial charge in [0.25, 0.3) is 5.91 Å². The van der Waals surface area contributed by atoms with Crippen LogP contribution in [0.5, 0.6) is 0 Å². The van der Waals surface area contributed by atoms with Crippen LogP contribution in [-0.4, -0.2) is 28.7 Å². The number of amides is 1. The van der Waals surface area contributed by atoms with E-state index in [0.29, 0.717) is 0 Å². The molecular formula is C11H18N2O4S. The minimum atomic E-state index is -1.50. The summed E-state index contributed by atoms with van der Waals surface area (Å²) in [5.41, 5.74) is 5.69. The smallest absolute Gasteiger partial charge is 0.333 e. The molecule has 0 aliphatic heterocycles. The third-order valence-electron chi connectivity index (χ3n) is 1.48. The van der Waals surface area contributed by atoms with Gasteiger partial charge in [-0.25, -0.2) is 10.3 Å². The summed E-state index contributed by atoms with van der Waals surface area (Å²) in [7, 11) is 0. The van der Waals surface area contributed by atoms with Gasteiger partial charge in [-0.2, -0.15) is 11.3 Å². The van der Waals surface area contributed by atoms with E-state index in [1.54, 1.807) is 32.1 Å². The van der Waals surface area contributed by atoms with Crippen LogP contribution in [0.25, 0.3) is 0 Å². The van der Waals surface area contributed by atoms with Gasteiger partial charge in [0.1, 0.15) is 5.60 Å². The van der Waals surface area contributed by atoms with Gasteiger partial charge in [0.2, 0.25) is 0 Å². The Morgan fingerprint density at radius 1 is 1.33 bits per heavy atom. The first-order valence-electron chi connectivity index (χ1n) is 5.17. The molecule has 18 heavy (non-hydrogen) atoms. The van der Waals surface area contributed by atoms with Crippen LogP contribution in [0.1, 0.15) is 20.8 Å². The SMILES string of the molecule is CC(C)(C)OC(=O)C(N)C(=O)NO.c1ccsc1. The van der Waals surface area contributed by atoms with Gasteiger partial charge in [-0.3, -0.25) is 10.0 Å². The lowest BCUT2D eigenvalue weighted by molar-refractivity contribution is -0.159. The van der Waals surface area contributed by atoms with E-state index in [4.69, 9.17) is 15.7 Å². The van der Waals surface area contributed by atoms with Crippen LogP contribution in [0.2, 0.25) is 0 Å². The quantitative estimate of drug-likeness (QED) is 0.322. The van der Waals surface area contributed by atoms with E-state index in [2.05, 4.69) is 0 Å². The Labute approximate surface area is 110 Å². The average Bonchev–Trinajstić information content (AvgIpc) is 2.83. The van der Waals surface area contributed by atoms with Crippen molar-refractivity contribution in [3.63, 3.8) is 0 Å². The van der Waals surface area contributed by atoms with Crippen molar-refractivity contribution in [3.05, 3.63) is 22.9 Å². The summed E-state index contributed by atoms with van der Waals surface area (Å²) in [5.74, 6) is -1.87. The molecule has 4 N–H and O–H groups in total. The molecular weight excluding hydrogens is 256 g/mol. The maximum Gasteiger partial charge on any atom is 0.333 e. The number of carbonyl (C=O) groups excluding carboxylic acids is 2. The Morgan fingerprint density at radius 3 is 2.11 bits per heavy atom. The average molecular weight is 274 g/mol. The molecule has 1 heterocycles. The largest absolute Gasteiger partial charge is 0.458 e. The van der Waals surface area contributed by atoms with E-state index in [0.717, 1.165) is 0 Å². The van der Waals surface area contributed by atoms with Gasteiger partial charge in [0.15, 0.2) is 6.04 Å². The second kappa shape index (κ2) is 7.80. The fourth-order valence-corrected chi connectivity index (χ4v) is 1.22. The fraction of sp³-hybridized carbons (Fsp3) is 0.455. The number of ether oxygens (including phenoxy) is 1. The molecule has 0 saturated carbocycles. The van der Waals surface area contributed by atoms with Crippen molar-refractivity contribution in [3.8, 4) is 0 Å². The van der Waals surface area contributed by atoms with Crippen molar-refractivity contribution in [1.82, 2.24) is 5.48 Å². The molecule has 0 fully saturated rings. The fourth-order valence-electron chi connectivity index (χ4n) is 0.769. The molecule has 102 valence electrons. The number of hydrogen-bond donors (Lipinski definition) is 3. The van der Waals surface area contributed by atoms with Crippen LogP contribution in [0.15, 0.2) is 22.9 Å². The highest BCUT2D eigenvalue weighted by Crippen LogP contribution is 2.07. The molecule has 1 unspecified atom stereocenters. The third-order valence-corrected chi connectivity index (χ3v) is 2.11. The normalized spacial score (nSPS) is 11.8. The van der Waals surface area contributed by atoms with Crippen molar-refractivity contribution in [2.24, 2.45) is 5.73 Å². The summed E-state index contributed by atoms with van der Waals surface area (Å²) in [5, 5.41) is 12.2. The van der Waals surface area contributed by atoms with E-state index in [1.807, 2.05) is 22.9 Å². The first-order chi connectivity index (χ1) is 8.28. The van der Waals surface area contributed by atoms with Crippen LogP contribution in [0, 0.1) is 0 Å². The molecule has 0 spiro atoms. The molecule has 1 amide bonds. The minimum Gasteiger partial charge on any atom is -0.458 e. The molecule has 7 heteroatoms. The lowest BCUT2D eigenvalue weighted by atomic mass is 10.2. The molecule has 0 saturated heterocycles. The number of nitrogens with one attached hydrogen (secondary N) is 1. The van der Waals surface area contributed by atoms with E-state index < -0.39 is 23.5 Å². The van der Waals surface area contributed by atoms with Crippen LogP contribution >= 0.6 is 11.3 Å². The van der Waals surface area contributed by atoms with Crippen LogP contribution in [0.4, 0.5) is 0 Å². The van der Waals surface area contributed by atoms with Crippen LogP contribution in [0.3, 0.4) is 0 Å². The number of hydroxylamine groups is 1. The molecule has 0 aliphatic carbocycles. The molecule has 0 bridgehead atoms. The molecule has 0 aliphatic rings. The Kier molecular flexibility index (Phi) is 7.18. The van der Waals surface area contributed by atoms with Crippen LogP contribution in [-0.2, 0) is 14.3 Å². The van der Waals surface area contributed by atoms with Crippen molar-refractivity contribution >= 4 is 23.2 Å². The zero-order chi connectivity index (χ0) is 14.2. The molecule has 1 aromatic rings. The summed E-state index contributed by atoms with van der Waals surface area (Å²) in [4.78, 5) is 21.7. The number of rotatable bonds is 2. The number of hydrogen-bond acceptors (Lipinski definition) is 6. The molecule has 1 aromatic heterocycles. The second-order valence-electron chi connectivity index (χ2n) is 4.28. The Balaban J connectivity index is 0.000000473. The number of carbonyl (C=O) groups is 2. The predicted molar refractivity (Wildman–Crippen MR) is 68.1 cm³/mol.